The van der Waals surface area contributed by atoms with E-state index in [2.05, 4.69) is 4.98 Å². The predicted octanol–water partition coefficient (Wildman–Crippen LogP) is 3.09. The van der Waals surface area contributed by atoms with E-state index in [1.54, 1.807) is 17.5 Å². The van der Waals surface area contributed by atoms with Gasteiger partial charge in [-0.25, -0.2) is 9.37 Å². The minimum atomic E-state index is -0.325. The number of hydrogen-bond acceptors (Lipinski definition) is 3. The van der Waals surface area contributed by atoms with E-state index in [4.69, 9.17) is 0 Å². The van der Waals surface area contributed by atoms with Gasteiger partial charge in [0.25, 0.3) is 5.91 Å². The maximum atomic E-state index is 12.9. The van der Waals surface area contributed by atoms with Gasteiger partial charge in [0, 0.05) is 23.2 Å². The summed E-state index contributed by atoms with van der Waals surface area (Å²) in [5.74, 6) is -0.368. The van der Waals surface area contributed by atoms with E-state index in [0.29, 0.717) is 18.2 Å². The molecule has 1 amide bonds. The third-order valence-electron chi connectivity index (χ3n) is 3.13. The normalized spacial score (nSPS) is 14.4. The maximum absolute atomic E-state index is 12.9. The Bertz CT molecular complexity index is 564. The Morgan fingerprint density at radius 1 is 1.37 bits per heavy atom. The van der Waals surface area contributed by atoms with Gasteiger partial charge in [-0.15, -0.1) is 11.3 Å². The zero-order valence-electron chi connectivity index (χ0n) is 10.3. The van der Waals surface area contributed by atoms with E-state index >= 15 is 0 Å². The topological polar surface area (TPSA) is 33.2 Å². The van der Waals surface area contributed by atoms with Crippen molar-refractivity contribution in [1.82, 2.24) is 9.88 Å². The SMILES string of the molecule is O=C(c1ccc(F)cc1)N(Cc1nccs1)C1CC1. The van der Waals surface area contributed by atoms with Crippen molar-refractivity contribution < 1.29 is 9.18 Å². The summed E-state index contributed by atoms with van der Waals surface area (Å²) in [4.78, 5) is 18.5. The predicted molar refractivity (Wildman–Crippen MR) is 71.4 cm³/mol. The van der Waals surface area contributed by atoms with Gasteiger partial charge in [0.2, 0.25) is 0 Å². The fourth-order valence-electron chi connectivity index (χ4n) is 1.99. The third kappa shape index (κ3) is 2.81. The molecule has 3 rings (SSSR count). The van der Waals surface area contributed by atoms with Crippen molar-refractivity contribution in [3.8, 4) is 0 Å². The zero-order valence-corrected chi connectivity index (χ0v) is 11.1. The molecule has 1 aromatic carbocycles. The fourth-order valence-corrected chi connectivity index (χ4v) is 2.60. The van der Waals surface area contributed by atoms with E-state index in [-0.39, 0.29) is 11.7 Å². The molecule has 1 fully saturated rings. The van der Waals surface area contributed by atoms with Gasteiger partial charge in [-0.2, -0.15) is 0 Å². The number of thiazole rings is 1. The van der Waals surface area contributed by atoms with Gasteiger partial charge in [0.05, 0.1) is 6.54 Å². The first-order chi connectivity index (χ1) is 9.24. The molecule has 0 unspecified atom stereocenters. The van der Waals surface area contributed by atoms with E-state index in [1.165, 1.54) is 24.3 Å². The van der Waals surface area contributed by atoms with Crippen LogP contribution in [-0.2, 0) is 6.54 Å². The lowest BCUT2D eigenvalue weighted by Crippen LogP contribution is -2.32. The molecule has 1 aliphatic rings. The lowest BCUT2D eigenvalue weighted by Gasteiger charge is -2.21. The van der Waals surface area contributed by atoms with E-state index in [9.17, 15) is 9.18 Å². The highest BCUT2D eigenvalue weighted by molar-refractivity contribution is 7.09. The summed E-state index contributed by atoms with van der Waals surface area (Å²) in [5, 5.41) is 2.84. The van der Waals surface area contributed by atoms with Crippen molar-refractivity contribution >= 4 is 17.2 Å². The number of carbonyl (C=O) groups excluding carboxylic acids is 1. The number of nitrogens with zero attached hydrogens (tertiary/aromatic N) is 2. The van der Waals surface area contributed by atoms with Crippen molar-refractivity contribution in [2.24, 2.45) is 0 Å². The molecular formula is C14H13FN2OS. The molecule has 0 saturated heterocycles. The summed E-state index contributed by atoms with van der Waals surface area (Å²) in [6.45, 7) is 0.540. The Morgan fingerprint density at radius 2 is 2.11 bits per heavy atom. The molecule has 1 aliphatic carbocycles. The van der Waals surface area contributed by atoms with Crippen LogP contribution in [0.2, 0.25) is 0 Å². The number of aromatic nitrogens is 1. The fraction of sp³-hybridized carbons (Fsp3) is 0.286. The van der Waals surface area contributed by atoms with E-state index < -0.39 is 0 Å². The van der Waals surface area contributed by atoms with Crippen LogP contribution in [0, 0.1) is 5.82 Å². The second kappa shape index (κ2) is 5.09. The Balaban J connectivity index is 1.79. The second-order valence-electron chi connectivity index (χ2n) is 4.60. The zero-order chi connectivity index (χ0) is 13.2. The van der Waals surface area contributed by atoms with E-state index in [1.807, 2.05) is 10.3 Å². The van der Waals surface area contributed by atoms with Crippen LogP contribution >= 0.6 is 11.3 Å². The largest absolute Gasteiger partial charge is 0.329 e. The summed E-state index contributed by atoms with van der Waals surface area (Å²) in [6, 6.07) is 6.02. The van der Waals surface area contributed by atoms with E-state index in [0.717, 1.165) is 17.8 Å². The van der Waals surface area contributed by atoms with Crippen molar-refractivity contribution in [2.45, 2.75) is 25.4 Å². The summed E-state index contributed by atoms with van der Waals surface area (Å²) < 4.78 is 12.9. The monoisotopic (exact) mass is 276 g/mol. The first-order valence-electron chi connectivity index (χ1n) is 6.19. The number of hydrogen-bond donors (Lipinski definition) is 0. The van der Waals surface area contributed by atoms with Crippen LogP contribution in [0.1, 0.15) is 28.2 Å². The molecule has 98 valence electrons. The molecule has 3 nitrogen and oxygen atoms in total. The van der Waals surface area contributed by atoms with Crippen LogP contribution in [-0.4, -0.2) is 21.8 Å². The Hall–Kier alpha value is -1.75. The Morgan fingerprint density at radius 3 is 2.68 bits per heavy atom. The molecule has 19 heavy (non-hydrogen) atoms. The van der Waals surface area contributed by atoms with Crippen LogP contribution in [0.5, 0.6) is 0 Å². The van der Waals surface area contributed by atoms with Gasteiger partial charge in [-0.1, -0.05) is 0 Å². The highest BCUT2D eigenvalue weighted by atomic mass is 32.1. The molecule has 0 bridgehead atoms. The Kier molecular flexibility index (Phi) is 3.29. The van der Waals surface area contributed by atoms with Crippen molar-refractivity contribution in [3.05, 3.63) is 52.2 Å². The second-order valence-corrected chi connectivity index (χ2v) is 5.58. The number of halogens is 1. The summed E-state index contributed by atoms with van der Waals surface area (Å²) >= 11 is 1.55. The van der Waals surface area contributed by atoms with Crippen molar-refractivity contribution in [3.63, 3.8) is 0 Å². The number of benzene rings is 1. The van der Waals surface area contributed by atoms with Crippen molar-refractivity contribution in [2.75, 3.05) is 0 Å². The van der Waals surface area contributed by atoms with Crippen molar-refractivity contribution in [1.29, 1.82) is 0 Å². The molecule has 5 heteroatoms. The standard InChI is InChI=1S/C14H13FN2OS/c15-11-3-1-10(2-4-11)14(18)17(12-5-6-12)9-13-16-7-8-19-13/h1-4,7-8,12H,5-6,9H2. The van der Waals surface area contributed by atoms with Crippen LogP contribution in [0.15, 0.2) is 35.8 Å². The average molecular weight is 276 g/mol. The van der Waals surface area contributed by atoms with Gasteiger partial charge in [-0.05, 0) is 37.1 Å². The summed E-state index contributed by atoms with van der Waals surface area (Å²) in [5.41, 5.74) is 0.532. The average Bonchev–Trinajstić information content (AvgIpc) is 3.13. The van der Waals surface area contributed by atoms with Gasteiger partial charge < -0.3 is 4.90 Å². The molecule has 1 aromatic heterocycles. The molecule has 1 heterocycles. The molecule has 0 aliphatic heterocycles. The van der Waals surface area contributed by atoms with Gasteiger partial charge in [0.15, 0.2) is 0 Å². The third-order valence-corrected chi connectivity index (χ3v) is 3.89. The molecule has 2 aromatic rings. The van der Waals surface area contributed by atoms with Crippen LogP contribution in [0.3, 0.4) is 0 Å². The quantitative estimate of drug-likeness (QED) is 0.859. The number of amides is 1. The number of carbonyl (C=O) groups is 1. The summed E-state index contributed by atoms with van der Waals surface area (Å²) in [6.07, 6.45) is 3.82. The van der Waals surface area contributed by atoms with Gasteiger partial charge in [0.1, 0.15) is 10.8 Å². The van der Waals surface area contributed by atoms with Crippen LogP contribution < -0.4 is 0 Å². The number of rotatable bonds is 4. The first-order valence-corrected chi connectivity index (χ1v) is 7.07. The molecule has 0 spiro atoms. The highest BCUT2D eigenvalue weighted by Crippen LogP contribution is 2.30. The van der Waals surface area contributed by atoms with Gasteiger partial charge >= 0.3 is 0 Å². The van der Waals surface area contributed by atoms with Gasteiger partial charge in [-0.3, -0.25) is 4.79 Å². The molecule has 0 radical (unpaired) electrons. The highest BCUT2D eigenvalue weighted by Gasteiger charge is 2.33. The Labute approximate surface area is 114 Å². The lowest BCUT2D eigenvalue weighted by atomic mass is 10.2. The molecule has 0 N–H and O–H groups in total. The molecule has 1 saturated carbocycles. The molecular weight excluding hydrogens is 263 g/mol. The minimum Gasteiger partial charge on any atom is -0.329 e. The lowest BCUT2D eigenvalue weighted by molar-refractivity contribution is 0.0729. The maximum Gasteiger partial charge on any atom is 0.254 e. The first kappa shape index (κ1) is 12.3. The van der Waals surface area contributed by atoms with Crippen LogP contribution in [0.25, 0.3) is 0 Å². The smallest absolute Gasteiger partial charge is 0.254 e. The molecule has 0 atom stereocenters. The van der Waals surface area contributed by atoms with Crippen LogP contribution in [0.4, 0.5) is 4.39 Å². The summed E-state index contributed by atoms with van der Waals surface area (Å²) in [7, 11) is 0. The minimum absolute atomic E-state index is 0.0438.